The van der Waals surface area contributed by atoms with E-state index in [0.717, 1.165) is 12.1 Å². The monoisotopic (exact) mass is 542 g/mol. The Labute approximate surface area is 225 Å². The summed E-state index contributed by atoms with van der Waals surface area (Å²) in [4.78, 5) is 29.9. The van der Waals surface area contributed by atoms with Crippen LogP contribution in [0.2, 0.25) is 0 Å². The van der Waals surface area contributed by atoms with Crippen molar-refractivity contribution in [2.45, 2.75) is 56.8 Å². The van der Waals surface area contributed by atoms with Crippen LogP contribution < -0.4 is 15.7 Å². The van der Waals surface area contributed by atoms with Crippen LogP contribution in [0.25, 0.3) is 0 Å². The van der Waals surface area contributed by atoms with E-state index in [-0.39, 0.29) is 11.3 Å². The number of sulfone groups is 1. The topological polar surface area (TPSA) is 119 Å². The largest absolute Gasteiger partial charge is 0.365 e. The van der Waals surface area contributed by atoms with E-state index >= 15 is 0 Å². The van der Waals surface area contributed by atoms with Crippen LogP contribution in [-0.2, 0) is 21.2 Å². The summed E-state index contributed by atoms with van der Waals surface area (Å²) in [6.07, 6.45) is 0. The molecule has 2 amide bonds. The van der Waals surface area contributed by atoms with Crippen LogP contribution in [0, 0.1) is 11.3 Å². The number of anilines is 1. The molecular weight excluding hydrogens is 504 g/mol. The number of nitrogens with one attached hydrogen (secondary N) is 2. The SMILES string of the molecule is CC(C)(C)CN1C[C@H](C(=O)NO)[C@H](NC(=O)c2ccc(CN3CC(C)(C)S(=O)(=O)c4ccccc43)cc2)C1. The third kappa shape index (κ3) is 5.72. The molecule has 1 fully saturated rings. The number of likely N-dealkylation sites (tertiary alicyclic amines) is 1. The van der Waals surface area contributed by atoms with Crippen LogP contribution in [0.15, 0.2) is 53.4 Å². The van der Waals surface area contributed by atoms with Gasteiger partial charge >= 0.3 is 0 Å². The zero-order valence-corrected chi connectivity index (χ0v) is 23.5. The number of benzene rings is 2. The van der Waals surface area contributed by atoms with Gasteiger partial charge in [0.05, 0.1) is 27.3 Å². The quantitative estimate of drug-likeness (QED) is 0.379. The number of hydrogen-bond donors (Lipinski definition) is 3. The van der Waals surface area contributed by atoms with Gasteiger partial charge in [0.1, 0.15) is 0 Å². The molecule has 4 rings (SSSR count). The predicted octanol–water partition coefficient (Wildman–Crippen LogP) is 2.84. The van der Waals surface area contributed by atoms with Crippen molar-refractivity contribution in [3.05, 3.63) is 59.7 Å². The van der Waals surface area contributed by atoms with Gasteiger partial charge in [-0.3, -0.25) is 19.7 Å². The molecule has 2 atom stereocenters. The maximum atomic E-state index is 13.1. The fourth-order valence-corrected chi connectivity index (χ4v) is 7.08. The Hall–Kier alpha value is -2.95. The summed E-state index contributed by atoms with van der Waals surface area (Å²) in [5.41, 5.74) is 3.86. The number of rotatable bonds is 6. The molecule has 0 bridgehead atoms. The zero-order chi connectivity index (χ0) is 27.9. The van der Waals surface area contributed by atoms with Gasteiger partial charge in [0.25, 0.3) is 5.91 Å². The van der Waals surface area contributed by atoms with E-state index in [1.165, 1.54) is 0 Å². The maximum absolute atomic E-state index is 13.1. The Morgan fingerprint density at radius 1 is 1.05 bits per heavy atom. The van der Waals surface area contributed by atoms with Crippen molar-refractivity contribution in [3.8, 4) is 0 Å². The standard InChI is InChI=1S/C28H38N4O5S/c1-27(2,3)17-31-15-21(26(34)30-35)22(16-31)29-25(33)20-12-10-19(11-13-20)14-32-18-28(4,5)38(36,37)24-9-7-6-8-23(24)32/h6-13,21-22,35H,14-18H2,1-5H3,(H,29,33)(H,30,34)/t21-,22+/m0/s1. The van der Waals surface area contributed by atoms with E-state index in [2.05, 4.69) is 35.9 Å². The van der Waals surface area contributed by atoms with Gasteiger partial charge in [0.2, 0.25) is 5.91 Å². The summed E-state index contributed by atoms with van der Waals surface area (Å²) in [5.74, 6) is -1.34. The molecule has 2 aromatic carbocycles. The van der Waals surface area contributed by atoms with Crippen LogP contribution in [0.3, 0.4) is 0 Å². The highest BCUT2D eigenvalue weighted by Crippen LogP contribution is 2.39. The summed E-state index contributed by atoms with van der Waals surface area (Å²) in [7, 11) is -3.44. The predicted molar refractivity (Wildman–Crippen MR) is 146 cm³/mol. The van der Waals surface area contributed by atoms with E-state index in [4.69, 9.17) is 0 Å². The molecular formula is C28H38N4O5S. The van der Waals surface area contributed by atoms with E-state index in [0.29, 0.717) is 42.3 Å². The first-order valence-corrected chi connectivity index (χ1v) is 14.3. The van der Waals surface area contributed by atoms with Gasteiger partial charge in [-0.2, -0.15) is 0 Å². The minimum atomic E-state index is -3.44. The molecule has 10 heteroatoms. The third-order valence-corrected chi connectivity index (χ3v) is 9.75. The molecule has 2 aromatic rings. The normalized spacial score (nSPS) is 22.5. The van der Waals surface area contributed by atoms with Crippen molar-refractivity contribution < 1.29 is 23.2 Å². The lowest BCUT2D eigenvalue weighted by Crippen LogP contribution is -2.48. The smallest absolute Gasteiger partial charge is 0.251 e. The second-order valence-corrected chi connectivity index (χ2v) is 14.8. The number of nitrogens with zero attached hydrogens (tertiary/aromatic N) is 2. The van der Waals surface area contributed by atoms with Gasteiger partial charge < -0.3 is 10.2 Å². The lowest BCUT2D eigenvalue weighted by atomic mass is 9.96. The lowest BCUT2D eigenvalue weighted by Gasteiger charge is -2.40. The molecule has 1 saturated heterocycles. The molecule has 0 radical (unpaired) electrons. The highest BCUT2D eigenvalue weighted by Gasteiger charge is 2.44. The third-order valence-electron chi connectivity index (χ3n) is 7.24. The number of fused-ring (bicyclic) bond motifs is 1. The van der Waals surface area contributed by atoms with Gasteiger partial charge in [-0.25, -0.2) is 13.9 Å². The van der Waals surface area contributed by atoms with Gasteiger partial charge in [-0.05, 0) is 49.1 Å². The van der Waals surface area contributed by atoms with Gasteiger partial charge in [-0.15, -0.1) is 0 Å². The first kappa shape index (κ1) is 28.1. The van der Waals surface area contributed by atoms with E-state index < -0.39 is 32.5 Å². The number of amides is 2. The fourth-order valence-electron chi connectivity index (χ4n) is 5.43. The molecule has 9 nitrogen and oxygen atoms in total. The summed E-state index contributed by atoms with van der Waals surface area (Å²) in [6, 6.07) is 13.9. The molecule has 3 N–H and O–H groups in total. The number of para-hydroxylation sites is 1. The molecule has 2 aliphatic rings. The first-order chi connectivity index (χ1) is 17.7. The van der Waals surface area contributed by atoms with E-state index in [1.807, 2.05) is 24.3 Å². The van der Waals surface area contributed by atoms with Crippen molar-refractivity contribution in [3.63, 3.8) is 0 Å². The highest BCUT2D eigenvalue weighted by atomic mass is 32.2. The average molecular weight is 543 g/mol. The molecule has 2 aliphatic heterocycles. The summed E-state index contributed by atoms with van der Waals surface area (Å²) >= 11 is 0. The summed E-state index contributed by atoms with van der Waals surface area (Å²) in [6.45, 7) is 12.4. The van der Waals surface area contributed by atoms with Crippen molar-refractivity contribution in [2.75, 3.05) is 31.1 Å². The van der Waals surface area contributed by atoms with Crippen LogP contribution in [-0.4, -0.2) is 67.3 Å². The summed E-state index contributed by atoms with van der Waals surface area (Å²) < 4.78 is 25.2. The Balaban J connectivity index is 1.46. The maximum Gasteiger partial charge on any atom is 0.251 e. The Kier molecular flexibility index (Phi) is 7.62. The number of hydroxylamine groups is 1. The van der Waals surface area contributed by atoms with Crippen LogP contribution in [0.1, 0.15) is 50.5 Å². The minimum absolute atomic E-state index is 0.0310. The molecule has 0 unspecified atom stereocenters. The van der Waals surface area contributed by atoms with Crippen molar-refractivity contribution in [1.82, 2.24) is 15.7 Å². The van der Waals surface area contributed by atoms with E-state index in [9.17, 15) is 23.2 Å². The van der Waals surface area contributed by atoms with E-state index in [1.54, 1.807) is 43.6 Å². The molecule has 206 valence electrons. The van der Waals surface area contributed by atoms with Crippen molar-refractivity contribution >= 4 is 27.3 Å². The van der Waals surface area contributed by atoms with Gasteiger partial charge in [-0.1, -0.05) is 45.0 Å². The van der Waals surface area contributed by atoms with Gasteiger partial charge in [0.15, 0.2) is 9.84 Å². The van der Waals surface area contributed by atoms with Crippen molar-refractivity contribution in [1.29, 1.82) is 0 Å². The van der Waals surface area contributed by atoms with Crippen LogP contribution in [0.4, 0.5) is 5.69 Å². The molecule has 38 heavy (non-hydrogen) atoms. The Morgan fingerprint density at radius 2 is 1.71 bits per heavy atom. The van der Waals surface area contributed by atoms with Crippen molar-refractivity contribution in [2.24, 2.45) is 11.3 Å². The molecule has 0 saturated carbocycles. The average Bonchev–Trinajstić information content (AvgIpc) is 3.22. The first-order valence-electron chi connectivity index (χ1n) is 12.9. The number of carbonyl (C=O) groups excluding carboxylic acids is 2. The van der Waals surface area contributed by atoms with Crippen LogP contribution in [0.5, 0.6) is 0 Å². The van der Waals surface area contributed by atoms with Crippen LogP contribution >= 0.6 is 0 Å². The Morgan fingerprint density at radius 3 is 2.34 bits per heavy atom. The fraction of sp³-hybridized carbons (Fsp3) is 0.500. The molecule has 0 aromatic heterocycles. The lowest BCUT2D eigenvalue weighted by molar-refractivity contribution is -0.133. The highest BCUT2D eigenvalue weighted by molar-refractivity contribution is 7.93. The van der Waals surface area contributed by atoms with Gasteiger partial charge in [0, 0.05) is 38.3 Å². The Bertz CT molecular complexity index is 1300. The zero-order valence-electron chi connectivity index (χ0n) is 22.7. The molecule has 0 spiro atoms. The second-order valence-electron chi connectivity index (χ2n) is 12.2. The summed E-state index contributed by atoms with van der Waals surface area (Å²) in [5, 5.41) is 12.2. The number of hydrogen-bond acceptors (Lipinski definition) is 7. The second kappa shape index (κ2) is 10.3. The minimum Gasteiger partial charge on any atom is -0.365 e. The molecule has 0 aliphatic carbocycles. The number of carbonyl (C=O) groups is 2. The molecule has 2 heterocycles.